The molecule has 0 fully saturated rings. The molecule has 3 atom stereocenters. The van der Waals surface area contributed by atoms with E-state index in [9.17, 15) is 4.79 Å². The van der Waals surface area contributed by atoms with Crippen LogP contribution in [0.4, 0.5) is 0 Å². The smallest absolute Gasteiger partial charge is 0.237 e. The first kappa shape index (κ1) is 16.2. The maximum absolute atomic E-state index is 12.1. The summed E-state index contributed by atoms with van der Waals surface area (Å²) in [6, 6.07) is 4.47. The summed E-state index contributed by atoms with van der Waals surface area (Å²) in [5, 5.41) is 8.55. The maximum Gasteiger partial charge on any atom is 0.237 e. The molecule has 2 N–H and O–H groups in total. The van der Waals surface area contributed by atoms with Crippen LogP contribution in [-0.4, -0.2) is 18.0 Å². The molecule has 3 unspecified atom stereocenters. The summed E-state index contributed by atoms with van der Waals surface area (Å²) in [6.07, 6.45) is 0.955. The minimum Gasteiger partial charge on any atom is -0.352 e. The van der Waals surface area contributed by atoms with Gasteiger partial charge in [0, 0.05) is 17.0 Å². The second-order valence-electron chi connectivity index (χ2n) is 5.44. The first-order chi connectivity index (χ1) is 8.95. The molecule has 0 spiro atoms. The summed E-state index contributed by atoms with van der Waals surface area (Å²) in [5.41, 5.74) is 0. The molecule has 0 aliphatic carbocycles. The SMILES string of the molecule is CCC(C)NC(=O)C(C)NC(c1cccs1)C(C)C. The lowest BCUT2D eigenvalue weighted by atomic mass is 10.0. The number of carbonyl (C=O) groups excluding carboxylic acids is 1. The molecule has 1 aromatic rings. The van der Waals surface area contributed by atoms with Crippen molar-refractivity contribution in [1.82, 2.24) is 10.6 Å². The number of hydrogen-bond acceptors (Lipinski definition) is 3. The van der Waals surface area contributed by atoms with Crippen molar-refractivity contribution in [3.8, 4) is 0 Å². The van der Waals surface area contributed by atoms with Gasteiger partial charge in [0.25, 0.3) is 0 Å². The average Bonchev–Trinajstić information content (AvgIpc) is 2.88. The van der Waals surface area contributed by atoms with E-state index >= 15 is 0 Å². The van der Waals surface area contributed by atoms with Crippen LogP contribution in [0.5, 0.6) is 0 Å². The number of thiophene rings is 1. The lowest BCUT2D eigenvalue weighted by molar-refractivity contribution is -0.123. The van der Waals surface area contributed by atoms with Crippen molar-refractivity contribution in [2.75, 3.05) is 0 Å². The molecule has 1 heterocycles. The summed E-state index contributed by atoms with van der Waals surface area (Å²) in [4.78, 5) is 13.4. The number of amides is 1. The zero-order chi connectivity index (χ0) is 14.4. The Kier molecular flexibility index (Phi) is 6.52. The van der Waals surface area contributed by atoms with Gasteiger partial charge in [0.15, 0.2) is 0 Å². The highest BCUT2D eigenvalue weighted by molar-refractivity contribution is 7.10. The minimum absolute atomic E-state index is 0.0801. The Hall–Kier alpha value is -0.870. The highest BCUT2D eigenvalue weighted by atomic mass is 32.1. The predicted octanol–water partition coefficient (Wildman–Crippen LogP) is 3.34. The Morgan fingerprint density at radius 3 is 2.47 bits per heavy atom. The van der Waals surface area contributed by atoms with Crippen LogP contribution in [0.15, 0.2) is 17.5 Å². The van der Waals surface area contributed by atoms with Crippen molar-refractivity contribution >= 4 is 17.2 Å². The number of nitrogens with one attached hydrogen (secondary N) is 2. The minimum atomic E-state index is -0.177. The third-order valence-corrected chi connectivity index (χ3v) is 4.30. The Balaban J connectivity index is 2.62. The fourth-order valence-corrected chi connectivity index (χ4v) is 2.84. The van der Waals surface area contributed by atoms with Crippen LogP contribution in [0, 0.1) is 5.92 Å². The second-order valence-corrected chi connectivity index (χ2v) is 6.42. The molecule has 1 rings (SSSR count). The predicted molar refractivity (Wildman–Crippen MR) is 82.4 cm³/mol. The van der Waals surface area contributed by atoms with Gasteiger partial charge in [-0.15, -0.1) is 11.3 Å². The molecule has 0 aliphatic rings. The topological polar surface area (TPSA) is 41.1 Å². The molecule has 108 valence electrons. The van der Waals surface area contributed by atoms with Gasteiger partial charge >= 0.3 is 0 Å². The van der Waals surface area contributed by atoms with Crippen molar-refractivity contribution in [3.05, 3.63) is 22.4 Å². The fraction of sp³-hybridized carbons (Fsp3) is 0.667. The van der Waals surface area contributed by atoms with Gasteiger partial charge in [-0.3, -0.25) is 10.1 Å². The van der Waals surface area contributed by atoms with Crippen LogP contribution >= 0.6 is 11.3 Å². The molecule has 0 bridgehead atoms. The zero-order valence-corrected chi connectivity index (χ0v) is 13.4. The first-order valence-corrected chi connectivity index (χ1v) is 7.93. The van der Waals surface area contributed by atoms with Gasteiger partial charge < -0.3 is 5.32 Å². The van der Waals surface area contributed by atoms with Crippen LogP contribution in [0.3, 0.4) is 0 Å². The monoisotopic (exact) mass is 282 g/mol. The van der Waals surface area contributed by atoms with E-state index in [1.807, 2.05) is 13.8 Å². The van der Waals surface area contributed by atoms with Crippen LogP contribution in [0.1, 0.15) is 52.0 Å². The van der Waals surface area contributed by atoms with Crippen LogP contribution in [0.2, 0.25) is 0 Å². The highest BCUT2D eigenvalue weighted by Crippen LogP contribution is 2.26. The Labute approximate surface area is 120 Å². The standard InChI is InChI=1S/C15H26N2OS/c1-6-11(4)16-15(18)12(5)17-14(10(2)3)13-8-7-9-19-13/h7-12,14,17H,6H2,1-5H3,(H,16,18). The lowest BCUT2D eigenvalue weighted by Gasteiger charge is -2.26. The third kappa shape index (κ3) is 4.96. The molecule has 3 nitrogen and oxygen atoms in total. The largest absolute Gasteiger partial charge is 0.352 e. The number of rotatable bonds is 7. The molecular formula is C15H26N2OS. The van der Waals surface area contributed by atoms with E-state index < -0.39 is 0 Å². The normalized spacial score (nSPS) is 16.1. The fourth-order valence-electron chi connectivity index (χ4n) is 1.89. The summed E-state index contributed by atoms with van der Waals surface area (Å²) in [7, 11) is 0. The Bertz CT molecular complexity index is 376. The molecular weight excluding hydrogens is 256 g/mol. The van der Waals surface area contributed by atoms with E-state index in [1.165, 1.54) is 4.88 Å². The third-order valence-electron chi connectivity index (χ3n) is 3.34. The lowest BCUT2D eigenvalue weighted by Crippen LogP contribution is -2.47. The summed E-state index contributed by atoms with van der Waals surface area (Å²) in [5.74, 6) is 0.536. The van der Waals surface area contributed by atoms with E-state index in [4.69, 9.17) is 0 Å². The van der Waals surface area contributed by atoms with Gasteiger partial charge in [-0.05, 0) is 37.6 Å². The van der Waals surface area contributed by atoms with E-state index in [0.717, 1.165) is 6.42 Å². The van der Waals surface area contributed by atoms with Crippen molar-refractivity contribution in [3.63, 3.8) is 0 Å². The van der Waals surface area contributed by atoms with Crippen LogP contribution in [0.25, 0.3) is 0 Å². The number of hydrogen-bond donors (Lipinski definition) is 2. The van der Waals surface area contributed by atoms with E-state index in [1.54, 1.807) is 11.3 Å². The van der Waals surface area contributed by atoms with Gasteiger partial charge in [0.2, 0.25) is 5.91 Å². The van der Waals surface area contributed by atoms with Gasteiger partial charge in [-0.1, -0.05) is 26.8 Å². The van der Waals surface area contributed by atoms with E-state index in [-0.39, 0.29) is 24.0 Å². The van der Waals surface area contributed by atoms with Crippen molar-refractivity contribution in [2.45, 2.75) is 59.2 Å². The Morgan fingerprint density at radius 2 is 2.00 bits per heavy atom. The second kappa shape index (κ2) is 7.65. The van der Waals surface area contributed by atoms with Crippen molar-refractivity contribution in [2.24, 2.45) is 5.92 Å². The maximum atomic E-state index is 12.1. The first-order valence-electron chi connectivity index (χ1n) is 7.05. The van der Waals surface area contributed by atoms with Gasteiger partial charge in [-0.2, -0.15) is 0 Å². The number of carbonyl (C=O) groups is 1. The van der Waals surface area contributed by atoms with E-state index in [2.05, 4.69) is 48.9 Å². The molecule has 1 aromatic heterocycles. The summed E-state index contributed by atoms with van der Waals surface area (Å²) >= 11 is 1.74. The van der Waals surface area contributed by atoms with Crippen LogP contribution in [-0.2, 0) is 4.79 Å². The van der Waals surface area contributed by atoms with Crippen molar-refractivity contribution in [1.29, 1.82) is 0 Å². The molecule has 0 aromatic carbocycles. The molecule has 0 radical (unpaired) electrons. The molecule has 0 aliphatic heterocycles. The van der Waals surface area contributed by atoms with Gasteiger partial charge in [-0.25, -0.2) is 0 Å². The van der Waals surface area contributed by atoms with Crippen molar-refractivity contribution < 1.29 is 4.79 Å². The molecule has 19 heavy (non-hydrogen) atoms. The van der Waals surface area contributed by atoms with E-state index in [0.29, 0.717) is 5.92 Å². The Morgan fingerprint density at radius 1 is 1.32 bits per heavy atom. The molecule has 0 saturated carbocycles. The summed E-state index contributed by atoms with van der Waals surface area (Å²) in [6.45, 7) is 10.4. The quantitative estimate of drug-likeness (QED) is 0.805. The van der Waals surface area contributed by atoms with Crippen LogP contribution < -0.4 is 10.6 Å². The average molecular weight is 282 g/mol. The summed E-state index contributed by atoms with van der Waals surface area (Å²) < 4.78 is 0. The van der Waals surface area contributed by atoms with Gasteiger partial charge in [0.1, 0.15) is 0 Å². The zero-order valence-electron chi connectivity index (χ0n) is 12.6. The molecule has 1 amide bonds. The van der Waals surface area contributed by atoms with Gasteiger partial charge in [0.05, 0.1) is 6.04 Å². The molecule has 4 heteroatoms. The highest BCUT2D eigenvalue weighted by Gasteiger charge is 2.22. The molecule has 0 saturated heterocycles.